The van der Waals surface area contributed by atoms with Crippen molar-refractivity contribution in [3.63, 3.8) is 0 Å². The van der Waals surface area contributed by atoms with Crippen molar-refractivity contribution in [2.45, 2.75) is 13.0 Å². The van der Waals surface area contributed by atoms with Crippen LogP contribution in [0.1, 0.15) is 11.1 Å². The number of likely N-dealkylation sites (N-methyl/N-ethyl adjacent to an activating group) is 1. The Labute approximate surface area is 83.9 Å². The highest BCUT2D eigenvalue weighted by Gasteiger charge is 2.18. The first-order valence-corrected chi connectivity index (χ1v) is 4.78. The Hall–Kier alpha value is -1.22. The van der Waals surface area contributed by atoms with Crippen molar-refractivity contribution in [3.8, 4) is 11.5 Å². The first-order chi connectivity index (χ1) is 6.72. The Bertz CT molecular complexity index is 349. The van der Waals surface area contributed by atoms with Crippen LogP contribution in [0.2, 0.25) is 0 Å². The summed E-state index contributed by atoms with van der Waals surface area (Å²) in [6.07, 6.45) is 1.00. The van der Waals surface area contributed by atoms with Crippen molar-refractivity contribution in [2.24, 2.45) is 0 Å². The summed E-state index contributed by atoms with van der Waals surface area (Å²) in [5.41, 5.74) is 2.25. The first-order valence-electron chi connectivity index (χ1n) is 4.78. The van der Waals surface area contributed by atoms with Gasteiger partial charge in [0.25, 0.3) is 0 Å². The van der Waals surface area contributed by atoms with E-state index >= 15 is 0 Å². The number of phenolic OH excluding ortho intramolecular Hbond substituents is 1. The van der Waals surface area contributed by atoms with Gasteiger partial charge in [0.2, 0.25) is 0 Å². The molecule has 0 spiro atoms. The normalized spacial score (nSPS) is 16.4. The molecule has 0 aliphatic carbocycles. The molecule has 1 N–H and O–H groups in total. The Morgan fingerprint density at radius 3 is 2.93 bits per heavy atom. The fourth-order valence-corrected chi connectivity index (χ4v) is 1.89. The van der Waals surface area contributed by atoms with Crippen LogP contribution >= 0.6 is 0 Å². The second-order valence-corrected chi connectivity index (χ2v) is 3.74. The predicted molar refractivity (Wildman–Crippen MR) is 54.7 cm³/mol. The molecule has 0 fully saturated rings. The lowest BCUT2D eigenvalue weighted by molar-refractivity contribution is 0.299. The summed E-state index contributed by atoms with van der Waals surface area (Å²) in [6, 6.07) is 3.88. The van der Waals surface area contributed by atoms with E-state index in [0.717, 1.165) is 25.1 Å². The molecule has 3 nitrogen and oxygen atoms in total. The van der Waals surface area contributed by atoms with Gasteiger partial charge in [0, 0.05) is 18.7 Å². The lowest BCUT2D eigenvalue weighted by atomic mass is 9.99. The summed E-state index contributed by atoms with van der Waals surface area (Å²) in [5, 5.41) is 9.90. The standard InChI is InChI=1S/C11H15NO2/c1-12-6-5-8-3-4-10(14-2)11(13)9(8)7-12/h3-4,13H,5-7H2,1-2H3. The Balaban J connectivity index is 2.45. The molecule has 1 aliphatic rings. The van der Waals surface area contributed by atoms with E-state index in [1.165, 1.54) is 5.56 Å². The maximum Gasteiger partial charge on any atom is 0.162 e. The fraction of sp³-hybridized carbons (Fsp3) is 0.455. The maximum atomic E-state index is 9.90. The monoisotopic (exact) mass is 193 g/mol. The molecule has 2 rings (SSSR count). The van der Waals surface area contributed by atoms with E-state index in [0.29, 0.717) is 11.5 Å². The SMILES string of the molecule is COc1ccc2c(c1O)CN(C)CC2. The van der Waals surface area contributed by atoms with Gasteiger partial charge >= 0.3 is 0 Å². The zero-order valence-electron chi connectivity index (χ0n) is 8.58. The van der Waals surface area contributed by atoms with Crippen molar-refractivity contribution in [3.05, 3.63) is 23.3 Å². The molecule has 1 heterocycles. The molecular weight excluding hydrogens is 178 g/mol. The van der Waals surface area contributed by atoms with Crippen molar-refractivity contribution >= 4 is 0 Å². The van der Waals surface area contributed by atoms with E-state index in [1.807, 2.05) is 12.1 Å². The smallest absolute Gasteiger partial charge is 0.162 e. The van der Waals surface area contributed by atoms with Crippen LogP contribution in [0.3, 0.4) is 0 Å². The lowest BCUT2D eigenvalue weighted by Crippen LogP contribution is -2.26. The number of hydrogen-bond donors (Lipinski definition) is 1. The number of rotatable bonds is 1. The minimum absolute atomic E-state index is 0.302. The van der Waals surface area contributed by atoms with Gasteiger partial charge < -0.3 is 14.7 Å². The lowest BCUT2D eigenvalue weighted by Gasteiger charge is -2.26. The quantitative estimate of drug-likeness (QED) is 0.731. The number of methoxy groups -OCH3 is 1. The van der Waals surface area contributed by atoms with Gasteiger partial charge in [0.15, 0.2) is 11.5 Å². The number of ether oxygens (including phenoxy) is 1. The molecule has 0 atom stereocenters. The van der Waals surface area contributed by atoms with Gasteiger partial charge in [-0.25, -0.2) is 0 Å². The highest BCUT2D eigenvalue weighted by atomic mass is 16.5. The summed E-state index contributed by atoms with van der Waals surface area (Å²) in [5.74, 6) is 0.871. The number of fused-ring (bicyclic) bond motifs is 1. The van der Waals surface area contributed by atoms with Crippen LogP contribution in [-0.4, -0.2) is 30.7 Å². The fourth-order valence-electron chi connectivity index (χ4n) is 1.89. The molecule has 0 saturated carbocycles. The Morgan fingerprint density at radius 1 is 1.43 bits per heavy atom. The summed E-state index contributed by atoms with van der Waals surface area (Å²) in [6.45, 7) is 1.86. The van der Waals surface area contributed by atoms with E-state index in [-0.39, 0.29) is 0 Å². The Kier molecular flexibility index (Phi) is 2.33. The number of aromatic hydroxyl groups is 1. The second-order valence-electron chi connectivity index (χ2n) is 3.74. The molecule has 0 saturated heterocycles. The molecule has 1 aromatic rings. The highest BCUT2D eigenvalue weighted by molar-refractivity contribution is 5.50. The van der Waals surface area contributed by atoms with Crippen LogP contribution in [0, 0.1) is 0 Å². The topological polar surface area (TPSA) is 32.7 Å². The maximum absolute atomic E-state index is 9.90. The van der Waals surface area contributed by atoms with Crippen molar-refractivity contribution in [1.82, 2.24) is 4.90 Å². The number of phenols is 1. The molecule has 0 amide bonds. The van der Waals surface area contributed by atoms with E-state index in [4.69, 9.17) is 4.74 Å². The van der Waals surface area contributed by atoms with Crippen molar-refractivity contribution in [2.75, 3.05) is 20.7 Å². The van der Waals surface area contributed by atoms with Crippen molar-refractivity contribution < 1.29 is 9.84 Å². The summed E-state index contributed by atoms with van der Waals surface area (Å²) < 4.78 is 5.08. The molecule has 1 aliphatic heterocycles. The number of nitrogens with zero attached hydrogens (tertiary/aromatic N) is 1. The van der Waals surface area contributed by atoms with E-state index in [1.54, 1.807) is 7.11 Å². The van der Waals surface area contributed by atoms with Crippen LogP contribution < -0.4 is 4.74 Å². The predicted octanol–water partition coefficient (Wildman–Crippen LogP) is 1.39. The van der Waals surface area contributed by atoms with Crippen LogP contribution in [0.5, 0.6) is 11.5 Å². The van der Waals surface area contributed by atoms with E-state index < -0.39 is 0 Å². The Morgan fingerprint density at radius 2 is 2.21 bits per heavy atom. The molecule has 3 heteroatoms. The largest absolute Gasteiger partial charge is 0.504 e. The molecule has 14 heavy (non-hydrogen) atoms. The molecular formula is C11H15NO2. The molecule has 1 aromatic carbocycles. The van der Waals surface area contributed by atoms with E-state index in [2.05, 4.69) is 11.9 Å². The zero-order chi connectivity index (χ0) is 10.1. The van der Waals surface area contributed by atoms with Gasteiger partial charge in [-0.15, -0.1) is 0 Å². The zero-order valence-corrected chi connectivity index (χ0v) is 8.58. The van der Waals surface area contributed by atoms with Gasteiger partial charge in [0.05, 0.1) is 7.11 Å². The minimum Gasteiger partial charge on any atom is -0.504 e. The van der Waals surface area contributed by atoms with Crippen LogP contribution in [0.15, 0.2) is 12.1 Å². The third-order valence-electron chi connectivity index (χ3n) is 2.75. The van der Waals surface area contributed by atoms with Gasteiger partial charge in [-0.05, 0) is 25.1 Å². The number of hydrogen-bond acceptors (Lipinski definition) is 3. The summed E-state index contributed by atoms with van der Waals surface area (Å²) >= 11 is 0. The average Bonchev–Trinajstić information content (AvgIpc) is 2.20. The van der Waals surface area contributed by atoms with Gasteiger partial charge in [0.1, 0.15) is 0 Å². The van der Waals surface area contributed by atoms with Crippen LogP contribution in [-0.2, 0) is 13.0 Å². The van der Waals surface area contributed by atoms with Gasteiger partial charge in [-0.2, -0.15) is 0 Å². The van der Waals surface area contributed by atoms with Crippen molar-refractivity contribution in [1.29, 1.82) is 0 Å². The minimum atomic E-state index is 0.302. The summed E-state index contributed by atoms with van der Waals surface area (Å²) in [4.78, 5) is 2.20. The molecule has 0 radical (unpaired) electrons. The summed E-state index contributed by atoms with van der Waals surface area (Å²) in [7, 11) is 3.63. The molecule has 0 bridgehead atoms. The highest BCUT2D eigenvalue weighted by Crippen LogP contribution is 2.34. The van der Waals surface area contributed by atoms with Gasteiger partial charge in [-0.1, -0.05) is 6.07 Å². The molecule has 76 valence electrons. The molecule has 0 aromatic heterocycles. The second kappa shape index (κ2) is 3.50. The molecule has 0 unspecified atom stereocenters. The first kappa shape index (κ1) is 9.34. The third-order valence-corrected chi connectivity index (χ3v) is 2.75. The van der Waals surface area contributed by atoms with E-state index in [9.17, 15) is 5.11 Å². The third kappa shape index (κ3) is 1.44. The number of benzene rings is 1. The van der Waals surface area contributed by atoms with Crippen LogP contribution in [0.25, 0.3) is 0 Å². The van der Waals surface area contributed by atoms with Crippen LogP contribution in [0.4, 0.5) is 0 Å². The average molecular weight is 193 g/mol. The van der Waals surface area contributed by atoms with Gasteiger partial charge in [-0.3, -0.25) is 0 Å².